The van der Waals surface area contributed by atoms with E-state index in [9.17, 15) is 4.79 Å². The van der Waals surface area contributed by atoms with Gasteiger partial charge in [-0.25, -0.2) is 5.06 Å². The Labute approximate surface area is 209 Å². The van der Waals surface area contributed by atoms with Gasteiger partial charge in [0.25, 0.3) is 5.91 Å². The van der Waals surface area contributed by atoms with Gasteiger partial charge in [0.2, 0.25) is 12.5 Å². The van der Waals surface area contributed by atoms with Gasteiger partial charge in [0, 0.05) is 25.7 Å². The molecule has 0 spiro atoms. The van der Waals surface area contributed by atoms with E-state index < -0.39 is 0 Å². The number of likely N-dealkylation sites (tertiary alicyclic amines) is 1. The van der Waals surface area contributed by atoms with E-state index in [1.54, 1.807) is 12.2 Å². The van der Waals surface area contributed by atoms with Gasteiger partial charge in [0.05, 0.1) is 26.4 Å². The minimum Gasteiger partial charge on any atom is -0.493 e. The average Bonchev–Trinajstić information content (AvgIpc) is 3.52. The Bertz CT molecular complexity index is 828. The summed E-state index contributed by atoms with van der Waals surface area (Å²) < 4.78 is 22.8. The second kappa shape index (κ2) is 12.8. The molecule has 4 rings (SSSR count). The fourth-order valence-corrected chi connectivity index (χ4v) is 5.44. The van der Waals surface area contributed by atoms with E-state index in [4.69, 9.17) is 23.8 Å². The molecule has 2 fully saturated rings. The van der Waals surface area contributed by atoms with E-state index in [-0.39, 0.29) is 12.7 Å². The van der Waals surface area contributed by atoms with Crippen molar-refractivity contribution < 1.29 is 28.6 Å². The van der Waals surface area contributed by atoms with Crippen molar-refractivity contribution in [3.05, 3.63) is 17.7 Å². The summed E-state index contributed by atoms with van der Waals surface area (Å²) in [6.45, 7) is 7.60. The number of fused-ring (bicyclic) bond motifs is 1. The summed E-state index contributed by atoms with van der Waals surface area (Å²) in [5.41, 5.74) is 1.17. The average molecular weight is 491 g/mol. The molecule has 1 aromatic carbocycles. The lowest BCUT2D eigenvalue weighted by atomic mass is 9.93. The van der Waals surface area contributed by atoms with E-state index in [0.717, 1.165) is 57.4 Å². The van der Waals surface area contributed by atoms with Crippen LogP contribution in [0.15, 0.2) is 12.1 Å². The minimum atomic E-state index is 0.0446. The van der Waals surface area contributed by atoms with Crippen molar-refractivity contribution in [2.45, 2.75) is 83.3 Å². The second-order valence-electron chi connectivity index (χ2n) is 9.87. The number of methoxy groups -OCH3 is 1. The summed E-state index contributed by atoms with van der Waals surface area (Å²) in [6.07, 6.45) is 8.72. The van der Waals surface area contributed by atoms with Crippen LogP contribution in [0.1, 0.15) is 76.7 Å². The molecule has 3 aliphatic heterocycles. The van der Waals surface area contributed by atoms with Crippen molar-refractivity contribution in [2.75, 3.05) is 46.8 Å². The molecule has 3 heterocycles. The SMILES string of the molecule is CCCON(CCC)C(=O)CN1CC(c2cc(OC)c3c(c2)OCO3)CC1CCC1CCCCO1. The number of carbonyl (C=O) groups excluding carboxylic acids is 1. The van der Waals surface area contributed by atoms with Crippen molar-refractivity contribution >= 4 is 5.91 Å². The molecule has 0 aromatic heterocycles. The highest BCUT2D eigenvalue weighted by Crippen LogP contribution is 2.45. The van der Waals surface area contributed by atoms with Crippen LogP contribution >= 0.6 is 0 Å². The molecule has 35 heavy (non-hydrogen) atoms. The Morgan fingerprint density at radius 3 is 2.80 bits per heavy atom. The van der Waals surface area contributed by atoms with E-state index in [1.165, 1.54) is 18.4 Å². The summed E-state index contributed by atoms with van der Waals surface area (Å²) >= 11 is 0. The first-order valence-electron chi connectivity index (χ1n) is 13.4. The molecule has 1 aromatic rings. The molecule has 2 saturated heterocycles. The number of hydrogen-bond donors (Lipinski definition) is 0. The molecule has 8 heteroatoms. The lowest BCUT2D eigenvalue weighted by molar-refractivity contribution is -0.188. The molecule has 3 unspecified atom stereocenters. The van der Waals surface area contributed by atoms with Crippen LogP contribution in [-0.4, -0.2) is 74.8 Å². The van der Waals surface area contributed by atoms with Crippen molar-refractivity contribution in [1.29, 1.82) is 0 Å². The van der Waals surface area contributed by atoms with Gasteiger partial charge < -0.3 is 18.9 Å². The zero-order valence-electron chi connectivity index (χ0n) is 21.6. The van der Waals surface area contributed by atoms with Gasteiger partial charge in [-0.2, -0.15) is 0 Å². The van der Waals surface area contributed by atoms with Gasteiger partial charge in [0.15, 0.2) is 11.5 Å². The van der Waals surface area contributed by atoms with Crippen LogP contribution in [0.4, 0.5) is 0 Å². The highest BCUT2D eigenvalue weighted by molar-refractivity contribution is 5.77. The molecule has 0 bridgehead atoms. The predicted molar refractivity (Wildman–Crippen MR) is 133 cm³/mol. The van der Waals surface area contributed by atoms with Crippen LogP contribution in [0.5, 0.6) is 17.2 Å². The van der Waals surface area contributed by atoms with Crippen LogP contribution in [0.25, 0.3) is 0 Å². The number of benzene rings is 1. The normalized spacial score (nSPS) is 24.0. The Morgan fingerprint density at radius 1 is 1.17 bits per heavy atom. The van der Waals surface area contributed by atoms with Crippen molar-refractivity contribution in [2.24, 2.45) is 0 Å². The number of hydroxylamine groups is 2. The highest BCUT2D eigenvalue weighted by atomic mass is 16.7. The molecule has 196 valence electrons. The fraction of sp³-hybridized carbons (Fsp3) is 0.741. The topological polar surface area (TPSA) is 69.7 Å². The van der Waals surface area contributed by atoms with Crippen LogP contribution in [0.3, 0.4) is 0 Å². The molecule has 3 atom stereocenters. The highest BCUT2D eigenvalue weighted by Gasteiger charge is 2.36. The molecule has 0 aliphatic carbocycles. The third kappa shape index (κ3) is 6.60. The smallest absolute Gasteiger partial charge is 0.260 e. The van der Waals surface area contributed by atoms with Crippen LogP contribution in [0, 0.1) is 0 Å². The first kappa shape index (κ1) is 26.0. The number of nitrogens with zero attached hydrogens (tertiary/aromatic N) is 2. The summed E-state index contributed by atoms with van der Waals surface area (Å²) in [6, 6.07) is 4.47. The lowest BCUT2D eigenvalue weighted by Gasteiger charge is -2.29. The Hall–Kier alpha value is -2.03. The quantitative estimate of drug-likeness (QED) is 0.399. The monoisotopic (exact) mass is 490 g/mol. The summed E-state index contributed by atoms with van der Waals surface area (Å²) in [7, 11) is 1.66. The van der Waals surface area contributed by atoms with Gasteiger partial charge in [-0.3, -0.25) is 14.5 Å². The lowest BCUT2D eigenvalue weighted by Crippen LogP contribution is -2.43. The van der Waals surface area contributed by atoms with E-state index in [0.29, 0.717) is 49.3 Å². The molecule has 0 saturated carbocycles. The number of amides is 1. The fourth-order valence-electron chi connectivity index (χ4n) is 5.44. The standard InChI is InChI=1S/C27H42N2O6/c1-4-11-29(35-12-5-2)26(30)18-28-17-21(14-22(28)9-10-23-8-6-7-13-32-23)20-15-24(31-3)27-25(16-20)33-19-34-27/h15-16,21-23H,4-14,17-19H2,1-3H3. The minimum absolute atomic E-state index is 0.0446. The Morgan fingerprint density at radius 2 is 2.06 bits per heavy atom. The molecular formula is C27H42N2O6. The number of carbonyl (C=O) groups is 1. The largest absolute Gasteiger partial charge is 0.493 e. The maximum absolute atomic E-state index is 13.2. The van der Waals surface area contributed by atoms with Crippen molar-refractivity contribution in [1.82, 2.24) is 9.96 Å². The first-order chi connectivity index (χ1) is 17.1. The van der Waals surface area contributed by atoms with Gasteiger partial charge in [-0.05, 0) is 75.0 Å². The molecule has 0 radical (unpaired) electrons. The Kier molecular flexibility index (Phi) is 9.52. The molecule has 8 nitrogen and oxygen atoms in total. The van der Waals surface area contributed by atoms with Gasteiger partial charge in [0.1, 0.15) is 0 Å². The van der Waals surface area contributed by atoms with Crippen LogP contribution in [-0.2, 0) is 14.4 Å². The molecular weight excluding hydrogens is 448 g/mol. The third-order valence-corrected chi connectivity index (χ3v) is 7.27. The van der Waals surface area contributed by atoms with Crippen molar-refractivity contribution in [3.63, 3.8) is 0 Å². The van der Waals surface area contributed by atoms with Crippen molar-refractivity contribution in [3.8, 4) is 17.2 Å². The summed E-state index contributed by atoms with van der Waals surface area (Å²) in [4.78, 5) is 21.4. The van der Waals surface area contributed by atoms with Gasteiger partial charge >= 0.3 is 0 Å². The first-order valence-corrected chi connectivity index (χ1v) is 13.4. The second-order valence-corrected chi connectivity index (χ2v) is 9.87. The number of hydrogen-bond acceptors (Lipinski definition) is 7. The van der Waals surface area contributed by atoms with E-state index in [1.807, 2.05) is 0 Å². The summed E-state index contributed by atoms with van der Waals surface area (Å²) in [5, 5.41) is 1.57. The van der Waals surface area contributed by atoms with E-state index in [2.05, 4.69) is 30.9 Å². The van der Waals surface area contributed by atoms with E-state index >= 15 is 0 Å². The van der Waals surface area contributed by atoms with Gasteiger partial charge in [-0.1, -0.05) is 13.8 Å². The summed E-state index contributed by atoms with van der Waals surface area (Å²) in [5.74, 6) is 2.46. The maximum Gasteiger partial charge on any atom is 0.260 e. The van der Waals surface area contributed by atoms with Crippen LogP contribution < -0.4 is 14.2 Å². The predicted octanol–water partition coefficient (Wildman–Crippen LogP) is 4.51. The third-order valence-electron chi connectivity index (χ3n) is 7.27. The molecule has 3 aliphatic rings. The van der Waals surface area contributed by atoms with Crippen LogP contribution in [0.2, 0.25) is 0 Å². The maximum atomic E-state index is 13.2. The molecule has 1 amide bonds. The number of ether oxygens (including phenoxy) is 4. The number of rotatable bonds is 12. The molecule has 0 N–H and O–H groups in total. The zero-order chi connectivity index (χ0) is 24.6. The Balaban J connectivity index is 1.47. The van der Waals surface area contributed by atoms with Gasteiger partial charge in [-0.15, -0.1) is 0 Å². The zero-order valence-corrected chi connectivity index (χ0v) is 21.6.